The van der Waals surface area contributed by atoms with Crippen LogP contribution in [0.15, 0.2) is 30.3 Å². The number of benzene rings is 1. The van der Waals surface area contributed by atoms with E-state index in [4.69, 9.17) is 4.74 Å². The summed E-state index contributed by atoms with van der Waals surface area (Å²) in [5.41, 5.74) is 1.36. The Labute approximate surface area is 120 Å². The van der Waals surface area contributed by atoms with Gasteiger partial charge in [0.25, 0.3) is 0 Å². The molecule has 3 nitrogen and oxygen atoms in total. The zero-order chi connectivity index (χ0) is 15.1. The van der Waals surface area contributed by atoms with Crippen molar-refractivity contribution in [2.24, 2.45) is 12.5 Å². The van der Waals surface area contributed by atoms with Crippen LogP contribution in [0, 0.1) is 5.41 Å². The third-order valence-electron chi connectivity index (χ3n) is 4.85. The van der Waals surface area contributed by atoms with Gasteiger partial charge in [-0.1, -0.05) is 32.0 Å². The van der Waals surface area contributed by atoms with E-state index in [1.54, 1.807) is 0 Å². The van der Waals surface area contributed by atoms with E-state index in [-0.39, 0.29) is 11.4 Å². The highest BCUT2D eigenvalue weighted by atomic mass is 16.5. The van der Waals surface area contributed by atoms with Crippen LogP contribution in [0.4, 0.5) is 0 Å². The summed E-state index contributed by atoms with van der Waals surface area (Å²) in [5, 5.41) is 1.19. The quantitative estimate of drug-likeness (QED) is 0.799. The summed E-state index contributed by atoms with van der Waals surface area (Å²) < 4.78 is 7.16. The van der Waals surface area contributed by atoms with Gasteiger partial charge in [0.05, 0.1) is 12.5 Å². The number of nitrogens with zero attached hydrogens (tertiary/aromatic N) is 1. The summed E-state index contributed by atoms with van der Waals surface area (Å²) in [7, 11) is 3.49. The van der Waals surface area contributed by atoms with E-state index in [1.807, 2.05) is 33.0 Å². The lowest BCUT2D eigenvalue weighted by atomic mass is 9.66. The highest BCUT2D eigenvalue weighted by Gasteiger charge is 2.46. The van der Waals surface area contributed by atoms with Crippen LogP contribution < -0.4 is 0 Å². The smallest absolute Gasteiger partial charge is 0.312 e. The van der Waals surface area contributed by atoms with E-state index >= 15 is 0 Å². The van der Waals surface area contributed by atoms with Gasteiger partial charge < -0.3 is 9.30 Å². The molecule has 0 bridgehead atoms. The molecular weight excluding hydrogens is 250 g/mol. The lowest BCUT2D eigenvalue weighted by Gasteiger charge is -2.39. The molecular formula is C17H23NO2. The fourth-order valence-corrected chi connectivity index (χ4v) is 2.72. The van der Waals surface area contributed by atoms with E-state index in [0.717, 1.165) is 5.69 Å². The van der Waals surface area contributed by atoms with Crippen LogP contribution in [0.5, 0.6) is 0 Å². The largest absolute Gasteiger partial charge is 0.469 e. The Bertz CT molecular complexity index is 650. The van der Waals surface area contributed by atoms with Crippen molar-refractivity contribution in [2.45, 2.75) is 33.1 Å². The first kappa shape index (κ1) is 14.6. The summed E-state index contributed by atoms with van der Waals surface area (Å²) >= 11 is 0. The maximum absolute atomic E-state index is 12.1. The maximum Gasteiger partial charge on any atom is 0.312 e. The maximum atomic E-state index is 12.1. The van der Waals surface area contributed by atoms with Gasteiger partial charge in [-0.25, -0.2) is 0 Å². The Morgan fingerprint density at radius 3 is 2.30 bits per heavy atom. The Morgan fingerprint density at radius 1 is 1.15 bits per heavy atom. The highest BCUT2D eigenvalue weighted by Crippen LogP contribution is 2.43. The van der Waals surface area contributed by atoms with Crippen LogP contribution in [0.1, 0.15) is 33.4 Å². The number of esters is 1. The molecule has 108 valence electrons. The minimum absolute atomic E-state index is 0.187. The lowest BCUT2D eigenvalue weighted by molar-refractivity contribution is -0.154. The number of hydrogen-bond donors (Lipinski definition) is 0. The Hall–Kier alpha value is -1.77. The van der Waals surface area contributed by atoms with Crippen LogP contribution in [0.3, 0.4) is 0 Å². The van der Waals surface area contributed by atoms with Gasteiger partial charge >= 0.3 is 5.97 Å². The summed E-state index contributed by atoms with van der Waals surface area (Å²) in [4.78, 5) is 12.1. The van der Waals surface area contributed by atoms with Gasteiger partial charge in [0.1, 0.15) is 0 Å². The first-order valence-electron chi connectivity index (χ1n) is 6.87. The molecule has 0 aliphatic carbocycles. The summed E-state index contributed by atoms with van der Waals surface area (Å²) in [6.07, 6.45) is 0. The Morgan fingerprint density at radius 2 is 1.75 bits per heavy atom. The summed E-state index contributed by atoms with van der Waals surface area (Å²) in [5.74, 6) is -0.187. The minimum Gasteiger partial charge on any atom is -0.469 e. The van der Waals surface area contributed by atoms with Gasteiger partial charge in [-0.15, -0.1) is 0 Å². The van der Waals surface area contributed by atoms with Gasteiger partial charge in [0.2, 0.25) is 0 Å². The van der Waals surface area contributed by atoms with Gasteiger partial charge in [-0.05, 0) is 31.4 Å². The van der Waals surface area contributed by atoms with Crippen molar-refractivity contribution >= 4 is 16.9 Å². The van der Waals surface area contributed by atoms with Crippen LogP contribution in [-0.2, 0) is 22.0 Å². The number of rotatable bonds is 3. The number of ether oxygens (including phenoxy) is 1. The van der Waals surface area contributed by atoms with E-state index in [1.165, 1.54) is 18.0 Å². The van der Waals surface area contributed by atoms with Crippen LogP contribution in [0.25, 0.3) is 10.9 Å². The second kappa shape index (κ2) is 4.65. The van der Waals surface area contributed by atoms with E-state index in [0.29, 0.717) is 0 Å². The number of fused-ring (bicyclic) bond motifs is 1. The van der Waals surface area contributed by atoms with E-state index < -0.39 is 5.41 Å². The van der Waals surface area contributed by atoms with Crippen LogP contribution in [-0.4, -0.2) is 17.6 Å². The molecule has 2 rings (SSSR count). The molecule has 0 amide bonds. The molecule has 0 aliphatic rings. The van der Waals surface area contributed by atoms with Crippen molar-refractivity contribution in [3.05, 3.63) is 36.0 Å². The first-order valence-corrected chi connectivity index (χ1v) is 6.87. The number of hydrogen-bond acceptors (Lipinski definition) is 2. The predicted octanol–water partition coefficient (Wildman–Crippen LogP) is 3.66. The second-order valence-electron chi connectivity index (χ2n) is 6.39. The molecule has 0 saturated carbocycles. The molecule has 0 fully saturated rings. The normalized spacial score (nSPS) is 12.7. The molecule has 20 heavy (non-hydrogen) atoms. The van der Waals surface area contributed by atoms with Gasteiger partial charge in [-0.2, -0.15) is 0 Å². The molecule has 0 atom stereocenters. The van der Waals surface area contributed by atoms with Gasteiger partial charge in [-0.3, -0.25) is 4.79 Å². The Kier molecular flexibility index (Phi) is 3.41. The summed E-state index contributed by atoms with van der Waals surface area (Å²) in [6.45, 7) is 8.07. The van der Waals surface area contributed by atoms with Gasteiger partial charge in [0, 0.05) is 23.7 Å². The van der Waals surface area contributed by atoms with Crippen molar-refractivity contribution in [1.29, 1.82) is 0 Å². The number of carbonyl (C=O) groups excluding carboxylic acids is 1. The van der Waals surface area contributed by atoms with Crippen molar-refractivity contribution < 1.29 is 9.53 Å². The lowest BCUT2D eigenvalue weighted by Crippen LogP contribution is -2.44. The zero-order valence-electron chi connectivity index (χ0n) is 13.2. The highest BCUT2D eigenvalue weighted by molar-refractivity contribution is 5.83. The molecule has 0 aliphatic heterocycles. The average Bonchev–Trinajstić information content (AvgIpc) is 2.76. The fraction of sp³-hybridized carbons (Fsp3) is 0.471. The molecule has 1 heterocycles. The zero-order valence-corrected chi connectivity index (χ0v) is 13.2. The summed E-state index contributed by atoms with van der Waals surface area (Å²) in [6, 6.07) is 10.4. The number of para-hydroxylation sites is 1. The number of methoxy groups -OCH3 is 1. The molecule has 0 N–H and O–H groups in total. The van der Waals surface area contributed by atoms with E-state index in [2.05, 4.69) is 36.6 Å². The number of carbonyl (C=O) groups is 1. The number of aromatic nitrogens is 1. The molecule has 3 heteroatoms. The van der Waals surface area contributed by atoms with Crippen LogP contribution >= 0.6 is 0 Å². The number of aryl methyl sites for hydroxylation is 1. The van der Waals surface area contributed by atoms with Crippen molar-refractivity contribution in [2.75, 3.05) is 7.11 Å². The van der Waals surface area contributed by atoms with Crippen molar-refractivity contribution in [3.63, 3.8) is 0 Å². The second-order valence-corrected chi connectivity index (χ2v) is 6.39. The topological polar surface area (TPSA) is 31.2 Å². The molecule has 0 unspecified atom stereocenters. The van der Waals surface area contributed by atoms with Gasteiger partial charge in [0.15, 0.2) is 0 Å². The standard InChI is InChI=1S/C17H23NO2/c1-16(2,17(3,4)15(19)20-6)14-11-12-9-7-8-10-13(12)18(14)5/h7-11H,1-6H3. The molecule has 0 spiro atoms. The van der Waals surface area contributed by atoms with Crippen molar-refractivity contribution in [1.82, 2.24) is 4.57 Å². The average molecular weight is 273 g/mol. The monoisotopic (exact) mass is 273 g/mol. The van der Waals surface area contributed by atoms with Crippen LogP contribution in [0.2, 0.25) is 0 Å². The fourth-order valence-electron chi connectivity index (χ4n) is 2.72. The molecule has 2 aromatic rings. The molecule has 1 aromatic carbocycles. The molecule has 0 radical (unpaired) electrons. The third-order valence-corrected chi connectivity index (χ3v) is 4.85. The SMILES string of the molecule is COC(=O)C(C)(C)C(C)(C)c1cc2ccccc2n1C. The predicted molar refractivity (Wildman–Crippen MR) is 81.7 cm³/mol. The Balaban J connectivity index is 2.62. The minimum atomic E-state index is -0.607. The van der Waals surface area contributed by atoms with E-state index in [9.17, 15) is 4.79 Å². The third kappa shape index (κ3) is 1.92. The molecule has 1 aromatic heterocycles. The molecule has 0 saturated heterocycles. The van der Waals surface area contributed by atoms with Crippen molar-refractivity contribution in [3.8, 4) is 0 Å². The first-order chi connectivity index (χ1) is 9.23.